The Morgan fingerprint density at radius 1 is 1.04 bits per heavy atom. The summed E-state index contributed by atoms with van der Waals surface area (Å²) in [5, 5.41) is 17.4. The predicted octanol–water partition coefficient (Wildman–Crippen LogP) is 3.27. The molecule has 14 heteroatoms. The number of unbranched alkanes of at least 4 members (excludes halogenated alkanes) is 1. The van der Waals surface area contributed by atoms with Crippen LogP contribution in [0.3, 0.4) is 0 Å². The smallest absolute Gasteiger partial charge is 0.407 e. The summed E-state index contributed by atoms with van der Waals surface area (Å²) in [5.74, 6) is 0.352. The number of anilines is 1. The fraction of sp³-hybridized carbons (Fsp3) is 0.600. The van der Waals surface area contributed by atoms with Gasteiger partial charge in [0.25, 0.3) is 0 Å². The molecule has 2 saturated heterocycles. The number of carbonyl (C=O) groups is 2. The number of nitrogens with zero attached hydrogens (tertiary/aromatic N) is 1. The van der Waals surface area contributed by atoms with E-state index >= 15 is 0 Å². The molecule has 2 saturated carbocycles. The van der Waals surface area contributed by atoms with E-state index in [4.69, 9.17) is 19.9 Å². The van der Waals surface area contributed by atoms with E-state index in [1.807, 2.05) is 30.3 Å². The molecular weight excluding hydrogens is 652 g/mol. The molecule has 0 aromatic heterocycles. The highest BCUT2D eigenvalue weighted by atomic mass is 32.2. The summed E-state index contributed by atoms with van der Waals surface area (Å²) < 4.78 is 51.9. The highest BCUT2D eigenvalue weighted by molar-refractivity contribution is 7.89. The summed E-state index contributed by atoms with van der Waals surface area (Å²) in [6, 6.07) is 14.6. The van der Waals surface area contributed by atoms with Crippen LogP contribution in [0.25, 0.3) is 0 Å². The number of nitrogens with one attached hydrogen (secondary N) is 2. The first-order valence-electron chi connectivity index (χ1n) is 17.2. The number of methoxy groups -OCH3 is 1. The van der Waals surface area contributed by atoms with E-state index in [1.165, 1.54) is 23.5 Å². The molecule has 2 bridgehead atoms. The van der Waals surface area contributed by atoms with Crippen molar-refractivity contribution in [3.05, 3.63) is 60.2 Å². The minimum Gasteiger partial charge on any atom is -0.453 e. The van der Waals surface area contributed by atoms with Crippen LogP contribution in [0.15, 0.2) is 59.5 Å². The van der Waals surface area contributed by atoms with Crippen molar-refractivity contribution in [1.29, 1.82) is 0 Å². The fourth-order valence-corrected chi connectivity index (χ4v) is 9.18. The average Bonchev–Trinajstić information content (AvgIpc) is 3.63. The molecule has 2 aromatic rings. The Kier molecular flexibility index (Phi) is 11.0. The lowest BCUT2D eigenvalue weighted by Gasteiger charge is -2.33. The number of rotatable bonds is 16. The molecule has 5 N–H and O–H groups in total. The Balaban J connectivity index is 1.17. The second-order valence-corrected chi connectivity index (χ2v) is 15.9. The van der Waals surface area contributed by atoms with Crippen molar-refractivity contribution in [2.75, 3.05) is 45.7 Å². The van der Waals surface area contributed by atoms with Gasteiger partial charge in [0.2, 0.25) is 10.0 Å². The van der Waals surface area contributed by atoms with Gasteiger partial charge in [-0.05, 0) is 73.8 Å². The fourth-order valence-electron chi connectivity index (χ4n) is 7.61. The Labute approximate surface area is 287 Å². The largest absolute Gasteiger partial charge is 0.453 e. The maximum absolute atomic E-state index is 14.2. The Morgan fingerprint density at radius 2 is 1.78 bits per heavy atom. The Hall–Kier alpha value is -3.43. The number of carbonyl (C=O) groups excluding carboxylic acids is 2. The lowest BCUT2D eigenvalue weighted by Crippen LogP contribution is -2.52. The third-order valence-electron chi connectivity index (χ3n) is 10.6. The molecule has 13 nitrogen and oxygen atoms in total. The maximum atomic E-state index is 14.2. The molecule has 268 valence electrons. The molecule has 7 atom stereocenters. The normalized spacial score (nSPS) is 26.1. The lowest BCUT2D eigenvalue weighted by atomic mass is 9.98. The van der Waals surface area contributed by atoms with Gasteiger partial charge in [0, 0.05) is 43.1 Å². The van der Waals surface area contributed by atoms with Gasteiger partial charge in [0.1, 0.15) is 6.10 Å². The molecule has 2 aliphatic heterocycles. The van der Waals surface area contributed by atoms with Crippen molar-refractivity contribution in [3.8, 4) is 0 Å². The molecule has 0 radical (unpaired) electrons. The number of amides is 2. The summed E-state index contributed by atoms with van der Waals surface area (Å²) in [7, 11) is -2.74. The number of sulfonamides is 1. The predicted molar refractivity (Wildman–Crippen MR) is 180 cm³/mol. The number of benzene rings is 2. The number of aliphatic hydroxyl groups excluding tert-OH is 1. The minimum atomic E-state index is -4.05. The molecule has 5 unspecified atom stereocenters. The molecule has 4 fully saturated rings. The summed E-state index contributed by atoms with van der Waals surface area (Å²) in [6.07, 6.45) is 2.09. The summed E-state index contributed by atoms with van der Waals surface area (Å²) in [5.41, 5.74) is 6.92. The van der Waals surface area contributed by atoms with Crippen molar-refractivity contribution in [3.63, 3.8) is 0 Å². The molecular formula is C35H48N4O9S. The van der Waals surface area contributed by atoms with Gasteiger partial charge >= 0.3 is 12.2 Å². The number of nitrogens with two attached hydrogens (primary N) is 1. The first kappa shape index (κ1) is 35.4. The third-order valence-corrected chi connectivity index (χ3v) is 12.4. The van der Waals surface area contributed by atoms with Crippen molar-refractivity contribution in [2.45, 2.75) is 74.4 Å². The van der Waals surface area contributed by atoms with Gasteiger partial charge in [0.15, 0.2) is 6.29 Å². The molecule has 6 rings (SSSR count). The molecule has 4 aliphatic rings. The highest BCUT2D eigenvalue weighted by Crippen LogP contribution is 2.51. The molecule has 2 heterocycles. The first-order valence-corrected chi connectivity index (χ1v) is 18.6. The van der Waals surface area contributed by atoms with Crippen LogP contribution in [-0.2, 0) is 35.4 Å². The number of aliphatic hydroxyl groups is 1. The second-order valence-electron chi connectivity index (χ2n) is 14.0. The average molecular weight is 701 g/mol. The van der Waals surface area contributed by atoms with Crippen LogP contribution in [0, 0.1) is 23.2 Å². The Bertz CT molecular complexity index is 1540. The summed E-state index contributed by atoms with van der Waals surface area (Å²) in [6.45, 7) is 1.37. The van der Waals surface area contributed by atoms with Crippen LogP contribution >= 0.6 is 0 Å². The van der Waals surface area contributed by atoms with E-state index in [1.54, 1.807) is 12.1 Å². The van der Waals surface area contributed by atoms with Gasteiger partial charge in [-0.15, -0.1) is 0 Å². The Morgan fingerprint density at radius 3 is 2.49 bits per heavy atom. The minimum absolute atomic E-state index is 0.0623. The number of nitrogen functional groups attached to an aromatic ring is 1. The number of alkyl carbamates (subject to hydrolysis) is 2. The third kappa shape index (κ3) is 8.48. The zero-order valence-electron chi connectivity index (χ0n) is 27.9. The number of hydrogen-bond donors (Lipinski definition) is 4. The van der Waals surface area contributed by atoms with Crippen molar-refractivity contribution >= 4 is 27.9 Å². The summed E-state index contributed by atoms with van der Waals surface area (Å²) in [4.78, 5) is 25.0. The number of hydrogen-bond acceptors (Lipinski definition) is 10. The van der Waals surface area contributed by atoms with Crippen LogP contribution in [0.2, 0.25) is 0 Å². The van der Waals surface area contributed by atoms with Crippen molar-refractivity contribution in [1.82, 2.24) is 14.9 Å². The van der Waals surface area contributed by atoms with E-state index < -0.39 is 34.4 Å². The zero-order valence-corrected chi connectivity index (χ0v) is 28.7. The topological polar surface area (TPSA) is 179 Å². The van der Waals surface area contributed by atoms with Crippen LogP contribution in [-0.4, -0.2) is 94.5 Å². The van der Waals surface area contributed by atoms with Crippen molar-refractivity contribution in [2.24, 2.45) is 23.2 Å². The lowest BCUT2D eigenvalue weighted by molar-refractivity contribution is -0.169. The maximum Gasteiger partial charge on any atom is 0.407 e. The highest BCUT2D eigenvalue weighted by Gasteiger charge is 2.56. The second kappa shape index (κ2) is 15.2. The molecule has 2 aliphatic carbocycles. The van der Waals surface area contributed by atoms with Crippen LogP contribution < -0.4 is 16.4 Å². The zero-order chi connectivity index (χ0) is 34.6. The summed E-state index contributed by atoms with van der Waals surface area (Å²) >= 11 is 0. The van der Waals surface area contributed by atoms with E-state index in [-0.39, 0.29) is 60.0 Å². The van der Waals surface area contributed by atoms with Crippen LogP contribution in [0.1, 0.15) is 44.1 Å². The van der Waals surface area contributed by atoms with E-state index in [2.05, 4.69) is 15.4 Å². The quantitative estimate of drug-likeness (QED) is 0.150. The van der Waals surface area contributed by atoms with Gasteiger partial charge in [-0.3, -0.25) is 0 Å². The molecule has 2 aromatic carbocycles. The van der Waals surface area contributed by atoms with Crippen LogP contribution in [0.4, 0.5) is 15.3 Å². The molecule has 49 heavy (non-hydrogen) atoms. The SMILES string of the molecule is COC(=O)NCCCCC1(CN(C[C@@H](O)[C@H](Cc2ccccc2)NC(=O)OC2C3COC4OCC2C4C3)S(=O)(=O)c2ccc(N)cc2)CC1. The van der Waals surface area contributed by atoms with E-state index in [0.717, 1.165) is 44.1 Å². The van der Waals surface area contributed by atoms with E-state index in [0.29, 0.717) is 25.4 Å². The molecule has 2 amide bonds. The number of fused-ring (bicyclic) bond motifs is 1. The van der Waals surface area contributed by atoms with Gasteiger partial charge in [0.05, 0.1) is 37.4 Å². The van der Waals surface area contributed by atoms with Gasteiger partial charge in [-0.1, -0.05) is 36.8 Å². The number of ether oxygens (including phenoxy) is 4. The van der Waals surface area contributed by atoms with Gasteiger partial charge < -0.3 is 40.4 Å². The van der Waals surface area contributed by atoms with Gasteiger partial charge in [-0.2, -0.15) is 4.31 Å². The van der Waals surface area contributed by atoms with Gasteiger partial charge in [-0.25, -0.2) is 18.0 Å². The standard InChI is InChI=1S/C35H48N4O9S/c1-45-33(41)37-16-6-5-13-35(14-15-35)22-39(49(43,44)26-11-9-25(36)10-12-26)19-30(40)29(17-23-7-3-2-4-8-23)38-34(42)48-31-24-18-27-28(31)21-47-32(27)46-20-24/h2-4,7-12,24,27-32,40H,5-6,13-22,36H2,1H3,(H,37,41)(H,38,42)/t24?,27?,28?,29-,30+,31?,32?/m0/s1. The van der Waals surface area contributed by atoms with Crippen LogP contribution in [0.5, 0.6) is 0 Å². The van der Waals surface area contributed by atoms with Crippen molar-refractivity contribution < 1.29 is 42.1 Å². The van der Waals surface area contributed by atoms with E-state index in [9.17, 15) is 23.1 Å². The first-order chi connectivity index (χ1) is 23.6. The monoisotopic (exact) mass is 700 g/mol. The molecule has 0 spiro atoms.